The van der Waals surface area contributed by atoms with Crippen LogP contribution in [0.25, 0.3) is 0 Å². The number of amides is 1. The van der Waals surface area contributed by atoms with E-state index in [1.165, 1.54) is 148 Å². The Morgan fingerprint density at radius 3 is 1.19 bits per heavy atom. The van der Waals surface area contributed by atoms with Crippen molar-refractivity contribution in [2.75, 3.05) is 26.4 Å². The van der Waals surface area contributed by atoms with Gasteiger partial charge in [0.15, 0.2) is 18.9 Å². The van der Waals surface area contributed by atoms with Crippen LogP contribution in [0, 0.1) is 0 Å². The van der Waals surface area contributed by atoms with Crippen LogP contribution in [0.15, 0.2) is 85.1 Å². The van der Waals surface area contributed by atoms with Crippen molar-refractivity contribution in [3.05, 3.63) is 85.1 Å². The smallest absolute Gasteiger partial charge is 0.220 e. The summed E-state index contributed by atoms with van der Waals surface area (Å²) < 4.78 is 34.3. The third kappa shape index (κ3) is 36.7. The van der Waals surface area contributed by atoms with Gasteiger partial charge in [0.1, 0.15) is 73.2 Å². The monoisotopic (exact) mass is 1330 g/mol. The van der Waals surface area contributed by atoms with Crippen LogP contribution in [-0.2, 0) is 33.2 Å². The summed E-state index contributed by atoms with van der Waals surface area (Å²) in [5, 5.41) is 121. The van der Waals surface area contributed by atoms with E-state index < -0.39 is 124 Å². The number of nitrogens with one attached hydrogen (secondary N) is 1. The van der Waals surface area contributed by atoms with E-state index >= 15 is 0 Å². The second-order valence-corrected chi connectivity index (χ2v) is 26.0. The number of aliphatic hydroxyl groups is 11. The van der Waals surface area contributed by atoms with E-state index in [-0.39, 0.29) is 18.9 Å². The van der Waals surface area contributed by atoms with E-state index in [4.69, 9.17) is 28.4 Å². The fourth-order valence-electron chi connectivity index (χ4n) is 12.0. The highest BCUT2D eigenvalue weighted by molar-refractivity contribution is 5.76. The number of rotatable bonds is 56. The minimum Gasteiger partial charge on any atom is -0.394 e. The average molecular weight is 1330 g/mol. The molecule has 19 nitrogen and oxygen atoms in total. The van der Waals surface area contributed by atoms with E-state index in [0.29, 0.717) is 12.8 Å². The Morgan fingerprint density at radius 1 is 0.394 bits per heavy atom. The summed E-state index contributed by atoms with van der Waals surface area (Å²) in [6.07, 6.45) is 45.8. The molecule has 3 aliphatic rings. The van der Waals surface area contributed by atoms with Crippen LogP contribution in [-0.4, -0.2) is 193 Å². The summed E-state index contributed by atoms with van der Waals surface area (Å²) in [5.74, 6) is -0.289. The molecule has 3 aliphatic heterocycles. The summed E-state index contributed by atoms with van der Waals surface area (Å²) in [5.41, 5.74) is 0. The van der Waals surface area contributed by atoms with E-state index in [2.05, 4.69) is 92.1 Å². The summed E-state index contributed by atoms with van der Waals surface area (Å²) >= 11 is 0. The van der Waals surface area contributed by atoms with Gasteiger partial charge in [-0.2, -0.15) is 0 Å². The third-order valence-corrected chi connectivity index (χ3v) is 17.9. The van der Waals surface area contributed by atoms with Gasteiger partial charge in [0.2, 0.25) is 5.91 Å². The van der Waals surface area contributed by atoms with Crippen molar-refractivity contribution in [3.8, 4) is 0 Å². The number of aliphatic hydroxyl groups excluding tert-OH is 11. The first-order valence-corrected chi connectivity index (χ1v) is 36.8. The quantitative estimate of drug-likeness (QED) is 0.0199. The summed E-state index contributed by atoms with van der Waals surface area (Å²) in [7, 11) is 0. The van der Waals surface area contributed by atoms with Crippen molar-refractivity contribution in [1.82, 2.24) is 5.32 Å². The Balaban J connectivity index is 1.37. The van der Waals surface area contributed by atoms with Gasteiger partial charge in [-0.15, -0.1) is 0 Å². The molecule has 1 amide bonds. The largest absolute Gasteiger partial charge is 0.394 e. The molecule has 3 heterocycles. The van der Waals surface area contributed by atoms with Gasteiger partial charge >= 0.3 is 0 Å². The molecule has 0 spiro atoms. The zero-order chi connectivity index (χ0) is 68.2. The topological polar surface area (TPSA) is 307 Å². The first kappa shape index (κ1) is 85.2. The number of carbonyl (C=O) groups excluding carboxylic acids is 1. The Bertz CT molecular complexity index is 2030. The molecule has 12 N–H and O–H groups in total. The maximum absolute atomic E-state index is 13.4. The van der Waals surface area contributed by atoms with Gasteiger partial charge in [-0.05, 0) is 83.5 Å². The summed E-state index contributed by atoms with van der Waals surface area (Å²) in [6.45, 7) is 1.59. The highest BCUT2D eigenvalue weighted by Gasteiger charge is 2.53. The van der Waals surface area contributed by atoms with Crippen LogP contribution in [0.4, 0.5) is 0 Å². The number of hydrogen-bond donors (Lipinski definition) is 12. The van der Waals surface area contributed by atoms with Gasteiger partial charge in [-0.3, -0.25) is 4.79 Å². The number of allylic oxidation sites excluding steroid dienone is 13. The van der Waals surface area contributed by atoms with Crippen LogP contribution in [0.5, 0.6) is 0 Å². The van der Waals surface area contributed by atoms with Crippen LogP contribution < -0.4 is 5.32 Å². The molecule has 17 unspecified atom stereocenters. The predicted octanol–water partition coefficient (Wildman–Crippen LogP) is 10.7. The van der Waals surface area contributed by atoms with Crippen molar-refractivity contribution in [1.29, 1.82) is 0 Å². The van der Waals surface area contributed by atoms with Crippen LogP contribution in [0.3, 0.4) is 0 Å². The molecule has 0 saturated carbocycles. The molecule has 94 heavy (non-hydrogen) atoms. The van der Waals surface area contributed by atoms with Crippen molar-refractivity contribution in [2.45, 2.75) is 356 Å². The molecule has 19 heteroatoms. The molecule has 0 aromatic rings. The molecule has 544 valence electrons. The zero-order valence-electron chi connectivity index (χ0n) is 57.7. The van der Waals surface area contributed by atoms with E-state index in [1.807, 2.05) is 6.08 Å². The maximum Gasteiger partial charge on any atom is 0.220 e. The molecule has 0 aromatic heterocycles. The molecule has 3 fully saturated rings. The lowest BCUT2D eigenvalue weighted by Crippen LogP contribution is -2.66. The summed E-state index contributed by atoms with van der Waals surface area (Å²) in [4.78, 5) is 13.4. The molecule has 0 aromatic carbocycles. The summed E-state index contributed by atoms with van der Waals surface area (Å²) in [6, 6.07) is -0.999. The lowest BCUT2D eigenvalue weighted by atomic mass is 9.96. The van der Waals surface area contributed by atoms with Gasteiger partial charge < -0.3 is 89.9 Å². The lowest BCUT2D eigenvalue weighted by Gasteiger charge is -2.48. The first-order valence-electron chi connectivity index (χ1n) is 36.8. The van der Waals surface area contributed by atoms with Gasteiger partial charge in [0.25, 0.3) is 0 Å². The van der Waals surface area contributed by atoms with E-state index in [1.54, 1.807) is 6.08 Å². The van der Waals surface area contributed by atoms with Gasteiger partial charge in [0, 0.05) is 6.42 Å². The fourth-order valence-corrected chi connectivity index (χ4v) is 12.0. The van der Waals surface area contributed by atoms with Gasteiger partial charge in [0.05, 0.1) is 38.6 Å². The minimum atomic E-state index is -1.98. The van der Waals surface area contributed by atoms with Crippen molar-refractivity contribution in [2.24, 2.45) is 0 Å². The number of ether oxygens (including phenoxy) is 6. The molecule has 3 saturated heterocycles. The van der Waals surface area contributed by atoms with E-state index in [9.17, 15) is 61.0 Å². The van der Waals surface area contributed by atoms with E-state index in [0.717, 1.165) is 70.6 Å². The molecule has 17 atom stereocenters. The lowest BCUT2D eigenvalue weighted by molar-refractivity contribution is -0.379. The third-order valence-electron chi connectivity index (χ3n) is 17.9. The molecule has 3 rings (SSSR count). The molecule has 0 bridgehead atoms. The zero-order valence-corrected chi connectivity index (χ0v) is 57.7. The Labute approximate surface area is 565 Å². The minimum absolute atomic E-state index is 0.231. The average Bonchev–Trinajstić information content (AvgIpc) is 0.787. The number of unbranched alkanes of at least 4 members (excludes halogenated alkanes) is 28. The maximum atomic E-state index is 13.4. The number of hydrogen-bond acceptors (Lipinski definition) is 18. The molecular formula is C75H131NO18. The van der Waals surface area contributed by atoms with Crippen molar-refractivity contribution >= 4 is 5.91 Å². The van der Waals surface area contributed by atoms with Crippen LogP contribution in [0.1, 0.15) is 251 Å². The van der Waals surface area contributed by atoms with Crippen LogP contribution >= 0.6 is 0 Å². The normalized spacial score (nSPS) is 27.9. The number of carbonyl (C=O) groups is 1. The second-order valence-electron chi connectivity index (χ2n) is 26.0. The van der Waals surface area contributed by atoms with Gasteiger partial charge in [-0.25, -0.2) is 0 Å². The fraction of sp³-hybridized carbons (Fsp3) is 0.800. The standard InChI is InChI=1S/C75H131NO18/c1-3-5-7-9-11-13-15-17-19-21-22-23-24-25-26-27-28-29-30-31-32-33-34-35-36-37-39-41-43-45-47-49-51-53-63(81)76-58(59(80)52-50-48-46-44-42-40-38-20-18-16-14-12-10-8-6-4-2)57-89-73-69(87)66(84)71(61(55-78)91-73)94-75-70(88)67(85)72(62(56-79)92-75)93-74-68(86)65(83)64(82)60(54-77)90-74/h5,7,11,13,17-20,22-23,42,44,50,52,58-62,64-75,77-80,82-88H,3-4,6,8-10,12,14-16,21,24-41,43,45-49,51,53-57H2,1-2H3,(H,76,81)/b7-5-,13-11-,19-17-,20-18+,23-22-,44-42+,52-50+. The van der Waals surface area contributed by atoms with Crippen molar-refractivity contribution in [3.63, 3.8) is 0 Å². The SMILES string of the molecule is CC/C=C\C/C=C\C/C=C\C/C=C\CCCCCCCCCCCCCCCCCCCCCCC(=O)NC(COC1OC(CO)C(OC2OC(CO)C(OC3OC(CO)C(O)C(O)C3O)C(O)C2O)C(O)C1O)C(O)/C=C/CC/C=C/CC/C=C/CCCCCCCC. The Hall–Kier alpha value is -3.03. The van der Waals surface area contributed by atoms with Gasteiger partial charge in [-0.1, -0.05) is 247 Å². The first-order chi connectivity index (χ1) is 45.8. The highest BCUT2D eigenvalue weighted by atomic mass is 16.8. The Morgan fingerprint density at radius 2 is 0.745 bits per heavy atom. The predicted molar refractivity (Wildman–Crippen MR) is 369 cm³/mol. The van der Waals surface area contributed by atoms with Crippen LogP contribution in [0.2, 0.25) is 0 Å². The van der Waals surface area contributed by atoms with Crippen molar-refractivity contribution < 1.29 is 89.4 Å². The highest BCUT2D eigenvalue weighted by Crippen LogP contribution is 2.33. The Kier molecular flexibility index (Phi) is 50.6. The molecular weight excluding hydrogens is 1200 g/mol. The second kappa shape index (κ2) is 55.8. The molecule has 0 aliphatic carbocycles. The molecule has 0 radical (unpaired) electrons.